The number of nitrogens with zero attached hydrogens (tertiary/aromatic N) is 5. The van der Waals surface area contributed by atoms with Crippen molar-refractivity contribution in [2.75, 3.05) is 19.6 Å². The van der Waals surface area contributed by atoms with Crippen LogP contribution in [0.4, 0.5) is 19.0 Å². The van der Waals surface area contributed by atoms with Crippen LogP contribution in [0.5, 0.6) is 0 Å². The Balaban J connectivity index is 1.48. The van der Waals surface area contributed by atoms with Crippen molar-refractivity contribution < 1.29 is 23.1 Å². The summed E-state index contributed by atoms with van der Waals surface area (Å²) in [7, 11) is 0. The zero-order valence-corrected chi connectivity index (χ0v) is 18.7. The van der Waals surface area contributed by atoms with Crippen LogP contribution in [0.2, 0.25) is 0 Å². The van der Waals surface area contributed by atoms with Crippen molar-refractivity contribution in [2.45, 2.75) is 77.2 Å². The zero-order valence-electron chi connectivity index (χ0n) is 18.7. The number of amides is 1. The van der Waals surface area contributed by atoms with E-state index in [1.54, 1.807) is 17.4 Å². The highest BCUT2D eigenvalue weighted by Gasteiger charge is 2.56. The van der Waals surface area contributed by atoms with Gasteiger partial charge in [-0.2, -0.15) is 18.3 Å². The average Bonchev–Trinajstić information content (AvgIpc) is 3.36. The number of carbonyl (C=O) groups excluding carboxylic acids is 1. The van der Waals surface area contributed by atoms with Gasteiger partial charge in [0.05, 0.1) is 24.6 Å². The summed E-state index contributed by atoms with van der Waals surface area (Å²) in [5.74, 6) is -0.736. The van der Waals surface area contributed by atoms with Gasteiger partial charge < -0.3 is 14.9 Å². The van der Waals surface area contributed by atoms with Crippen molar-refractivity contribution in [1.29, 1.82) is 0 Å². The van der Waals surface area contributed by atoms with Gasteiger partial charge in [0.2, 0.25) is 5.91 Å². The van der Waals surface area contributed by atoms with Crippen LogP contribution in [-0.4, -0.2) is 68.3 Å². The van der Waals surface area contributed by atoms with Gasteiger partial charge in [-0.05, 0) is 26.2 Å². The monoisotopic (exact) mass is 455 g/mol. The van der Waals surface area contributed by atoms with E-state index in [1.807, 2.05) is 16.5 Å². The highest BCUT2D eigenvalue weighted by Crippen LogP contribution is 2.51. The van der Waals surface area contributed by atoms with Gasteiger partial charge in [-0.3, -0.25) is 4.79 Å². The molecule has 7 nitrogen and oxygen atoms in total. The maximum Gasteiger partial charge on any atom is 0.389 e. The van der Waals surface area contributed by atoms with E-state index in [4.69, 9.17) is 0 Å². The molecule has 1 spiro atoms. The van der Waals surface area contributed by atoms with Gasteiger partial charge in [0.1, 0.15) is 0 Å². The normalized spacial score (nSPS) is 25.9. The minimum absolute atomic E-state index is 0.267. The van der Waals surface area contributed by atoms with Crippen LogP contribution in [0.15, 0.2) is 11.2 Å². The molecule has 4 rings (SSSR count). The van der Waals surface area contributed by atoms with Crippen LogP contribution in [-0.2, 0) is 17.9 Å². The van der Waals surface area contributed by atoms with Gasteiger partial charge in [-0.15, -0.1) is 0 Å². The van der Waals surface area contributed by atoms with E-state index in [0.717, 1.165) is 43.6 Å². The number of hydrogen-bond donors (Lipinski definition) is 1. The van der Waals surface area contributed by atoms with Crippen molar-refractivity contribution in [2.24, 2.45) is 16.3 Å². The molecular formula is C22H32F3N5O2. The van der Waals surface area contributed by atoms with Crippen LogP contribution in [0.3, 0.4) is 0 Å². The number of fused-ring (bicyclic) bond motifs is 1. The molecule has 1 aromatic heterocycles. The Kier molecular flexibility index (Phi) is 6.02. The van der Waals surface area contributed by atoms with Crippen molar-refractivity contribution in [3.05, 3.63) is 11.8 Å². The van der Waals surface area contributed by atoms with Crippen LogP contribution >= 0.6 is 0 Å². The number of aliphatic imine (C=N–C) groups is 1. The number of rotatable bonds is 5. The summed E-state index contributed by atoms with van der Waals surface area (Å²) >= 11 is 0. The summed E-state index contributed by atoms with van der Waals surface area (Å²) in [6, 6.07) is 0. The molecule has 1 unspecified atom stereocenters. The number of piperidine rings is 1. The molecule has 1 saturated carbocycles. The van der Waals surface area contributed by atoms with Crippen LogP contribution in [0, 0.1) is 11.3 Å². The predicted molar refractivity (Wildman–Crippen MR) is 113 cm³/mol. The number of β-amino-alcohol motifs (C(OH)–C–C–N with tert-alkyl or cyclic N) is 1. The summed E-state index contributed by atoms with van der Waals surface area (Å²) in [6.45, 7) is 5.65. The van der Waals surface area contributed by atoms with Crippen LogP contribution in [0.25, 0.3) is 0 Å². The number of hydrogen-bond acceptors (Lipinski definition) is 5. The highest BCUT2D eigenvalue weighted by molar-refractivity contribution is 5.78. The minimum Gasteiger partial charge on any atom is -0.387 e. The number of likely N-dealkylation sites (tertiary alicyclic amines) is 1. The van der Waals surface area contributed by atoms with Crippen molar-refractivity contribution in [1.82, 2.24) is 19.6 Å². The Morgan fingerprint density at radius 3 is 2.66 bits per heavy atom. The van der Waals surface area contributed by atoms with Crippen LogP contribution < -0.4 is 0 Å². The Hall–Kier alpha value is -2.10. The number of halogens is 3. The third-order valence-electron chi connectivity index (χ3n) is 7.47. The number of carbonyl (C=O) groups is 1. The Morgan fingerprint density at radius 1 is 1.28 bits per heavy atom. The third-order valence-corrected chi connectivity index (χ3v) is 7.47. The van der Waals surface area contributed by atoms with Gasteiger partial charge in [0.15, 0.2) is 5.82 Å². The van der Waals surface area contributed by atoms with E-state index >= 15 is 0 Å². The molecule has 1 aromatic rings. The van der Waals surface area contributed by atoms with Gasteiger partial charge in [-0.1, -0.05) is 19.8 Å². The molecule has 1 saturated heterocycles. The fourth-order valence-corrected chi connectivity index (χ4v) is 5.77. The molecule has 2 fully saturated rings. The minimum atomic E-state index is -4.37. The smallest absolute Gasteiger partial charge is 0.387 e. The van der Waals surface area contributed by atoms with E-state index in [0.29, 0.717) is 26.1 Å². The molecule has 2 aliphatic heterocycles. The summed E-state index contributed by atoms with van der Waals surface area (Å²) in [4.78, 5) is 20.9. The lowest BCUT2D eigenvalue weighted by atomic mass is 9.65. The highest BCUT2D eigenvalue weighted by atomic mass is 19.4. The molecule has 32 heavy (non-hydrogen) atoms. The van der Waals surface area contributed by atoms with Gasteiger partial charge >= 0.3 is 6.18 Å². The second-order valence-corrected chi connectivity index (χ2v) is 9.71. The standard InChI is InChI=1S/C22H32F3N5O2/c1-3-30-18-17(11-27-30)12-28(15-26-18)14-21(32)8-9-29(13-20(21)6-4-5-7-20)19(31)16(2)10-22(23,24)25/h11,15-16,32H,3-10,12-14H2,1-2H3/t16-,21?/m1/s1. The first-order valence-electron chi connectivity index (χ1n) is 11.5. The molecule has 1 N–H and O–H groups in total. The third kappa shape index (κ3) is 4.25. The molecule has 3 aliphatic rings. The summed E-state index contributed by atoms with van der Waals surface area (Å²) in [5.41, 5.74) is -0.523. The van der Waals surface area contributed by atoms with E-state index in [2.05, 4.69) is 10.1 Å². The van der Waals surface area contributed by atoms with Crippen molar-refractivity contribution >= 4 is 18.1 Å². The molecule has 0 radical (unpaired) electrons. The maximum absolute atomic E-state index is 12.8. The van der Waals surface area contributed by atoms with Crippen LogP contribution in [0.1, 0.15) is 57.9 Å². The van der Waals surface area contributed by atoms with Crippen molar-refractivity contribution in [3.8, 4) is 0 Å². The fraction of sp³-hybridized carbons (Fsp3) is 0.773. The molecule has 0 aromatic carbocycles. The Labute approximate surface area is 186 Å². The van der Waals surface area contributed by atoms with Gasteiger partial charge in [-0.25, -0.2) is 9.67 Å². The summed E-state index contributed by atoms with van der Waals surface area (Å²) in [6.07, 6.45) is 1.86. The fourth-order valence-electron chi connectivity index (χ4n) is 5.77. The zero-order chi connectivity index (χ0) is 23.1. The molecular weight excluding hydrogens is 423 g/mol. The largest absolute Gasteiger partial charge is 0.389 e. The Morgan fingerprint density at radius 2 is 2.00 bits per heavy atom. The molecule has 178 valence electrons. The first-order valence-corrected chi connectivity index (χ1v) is 11.5. The molecule has 0 bridgehead atoms. The lowest BCUT2D eigenvalue weighted by Gasteiger charge is -2.54. The second-order valence-electron chi connectivity index (χ2n) is 9.71. The molecule has 1 aliphatic carbocycles. The number of aryl methyl sites for hydroxylation is 1. The number of aliphatic hydroxyl groups is 1. The molecule has 10 heteroatoms. The summed E-state index contributed by atoms with van der Waals surface area (Å²) in [5, 5.41) is 16.2. The SMILES string of the molecule is CCn1ncc2c1N=CN(CC1(O)CCN(C(=O)[C@H](C)CC(F)(F)F)CC13CCCC3)C2. The molecule has 3 heterocycles. The lowest BCUT2D eigenvalue weighted by molar-refractivity contribution is -0.172. The van der Waals surface area contributed by atoms with Gasteiger partial charge in [0.25, 0.3) is 0 Å². The summed E-state index contributed by atoms with van der Waals surface area (Å²) < 4.78 is 40.3. The molecule has 1 amide bonds. The van der Waals surface area contributed by atoms with Crippen molar-refractivity contribution in [3.63, 3.8) is 0 Å². The van der Waals surface area contributed by atoms with Gasteiger partial charge in [0, 0.05) is 49.6 Å². The van der Waals surface area contributed by atoms with E-state index in [9.17, 15) is 23.1 Å². The first-order chi connectivity index (χ1) is 15.1. The number of alkyl halides is 3. The predicted octanol–water partition coefficient (Wildman–Crippen LogP) is 3.49. The topological polar surface area (TPSA) is 74.0 Å². The second kappa shape index (κ2) is 8.35. The average molecular weight is 456 g/mol. The maximum atomic E-state index is 12.8. The number of aromatic nitrogens is 2. The van der Waals surface area contributed by atoms with E-state index in [-0.39, 0.29) is 6.54 Å². The quantitative estimate of drug-likeness (QED) is 0.738. The van der Waals surface area contributed by atoms with E-state index < -0.39 is 35.4 Å². The first kappa shape index (κ1) is 23.1. The van der Waals surface area contributed by atoms with E-state index in [1.165, 1.54) is 6.92 Å². The molecule has 2 atom stereocenters. The Bertz CT molecular complexity index is 877. The lowest BCUT2D eigenvalue weighted by Crippen LogP contribution is -2.64.